The van der Waals surface area contributed by atoms with Crippen molar-refractivity contribution in [1.82, 2.24) is 0 Å². The summed E-state index contributed by atoms with van der Waals surface area (Å²) >= 11 is 16.0. The number of rotatable bonds is 2. The van der Waals surface area contributed by atoms with E-state index in [0.29, 0.717) is 10.0 Å². The Morgan fingerprint density at radius 2 is 1.73 bits per heavy atom. The molecule has 1 aromatic carbocycles. The number of thiocarbonyl (C=S) groups is 1. The molecular weight excluding hydrogens is 201 g/mol. The molecule has 11 heavy (non-hydrogen) atoms. The molecule has 1 N–H and O–H groups in total. The Kier molecular flexibility index (Phi) is 3.12. The van der Waals surface area contributed by atoms with Crippen LogP contribution in [0.2, 0.25) is 10.0 Å². The highest BCUT2D eigenvalue weighted by molar-refractivity contribution is 7.79. The number of halogens is 2. The molecule has 1 rings (SSSR count). The van der Waals surface area contributed by atoms with E-state index in [-0.39, 0.29) is 0 Å². The van der Waals surface area contributed by atoms with E-state index >= 15 is 0 Å². The van der Waals surface area contributed by atoms with Crippen LogP contribution >= 0.6 is 35.4 Å². The molecule has 0 heterocycles. The van der Waals surface area contributed by atoms with Crippen molar-refractivity contribution < 1.29 is 0 Å². The number of hydrogen-bond donors (Lipinski definition) is 1. The Hall–Kier alpha value is -0.310. The van der Waals surface area contributed by atoms with Gasteiger partial charge in [-0.25, -0.2) is 0 Å². The van der Waals surface area contributed by atoms with Crippen molar-refractivity contribution >= 4 is 46.6 Å². The number of anilines is 1. The van der Waals surface area contributed by atoms with Crippen molar-refractivity contribution in [1.29, 1.82) is 0 Å². The highest BCUT2D eigenvalue weighted by Gasteiger charge is 1.94. The minimum Gasteiger partial charge on any atom is -0.353 e. The van der Waals surface area contributed by atoms with Crippen molar-refractivity contribution in [2.45, 2.75) is 0 Å². The quantitative estimate of drug-likeness (QED) is 0.744. The highest BCUT2D eigenvalue weighted by Crippen LogP contribution is 2.21. The molecule has 0 fully saturated rings. The van der Waals surface area contributed by atoms with E-state index < -0.39 is 0 Å². The van der Waals surface area contributed by atoms with Crippen molar-refractivity contribution in [3.05, 3.63) is 28.2 Å². The molecule has 0 unspecified atom stereocenters. The molecule has 0 aromatic heterocycles. The van der Waals surface area contributed by atoms with Gasteiger partial charge in [0, 0.05) is 15.7 Å². The van der Waals surface area contributed by atoms with Crippen molar-refractivity contribution in [2.75, 3.05) is 5.32 Å². The van der Waals surface area contributed by atoms with Gasteiger partial charge >= 0.3 is 0 Å². The van der Waals surface area contributed by atoms with E-state index in [1.54, 1.807) is 18.2 Å². The number of nitrogens with one attached hydrogen (secondary N) is 1. The van der Waals surface area contributed by atoms with Gasteiger partial charge in [-0.2, -0.15) is 0 Å². The van der Waals surface area contributed by atoms with E-state index in [2.05, 4.69) is 17.5 Å². The van der Waals surface area contributed by atoms with Gasteiger partial charge in [-0.15, -0.1) is 0 Å². The molecule has 1 nitrogen and oxygen atoms in total. The summed E-state index contributed by atoms with van der Waals surface area (Å²) < 4.78 is 0. The highest BCUT2D eigenvalue weighted by atomic mass is 35.5. The van der Waals surface area contributed by atoms with Crippen LogP contribution in [0.5, 0.6) is 0 Å². The molecule has 0 atom stereocenters. The summed E-state index contributed by atoms with van der Waals surface area (Å²) in [7, 11) is 0. The standard InChI is InChI=1S/C7H5Cl2NS/c8-5-1-6(9)3-7(2-5)10-4-11/h1-4H,(H,10,11). The monoisotopic (exact) mass is 205 g/mol. The Labute approximate surface area is 80.3 Å². The van der Waals surface area contributed by atoms with Gasteiger partial charge in [0.2, 0.25) is 0 Å². The average molecular weight is 206 g/mol. The summed E-state index contributed by atoms with van der Waals surface area (Å²) in [5.41, 5.74) is 2.21. The van der Waals surface area contributed by atoms with Crippen molar-refractivity contribution in [3.63, 3.8) is 0 Å². The fourth-order valence-corrected chi connectivity index (χ4v) is 1.37. The Morgan fingerprint density at radius 1 is 1.18 bits per heavy atom. The summed E-state index contributed by atoms with van der Waals surface area (Å²) in [6.07, 6.45) is 0. The molecule has 0 aliphatic rings. The third-order valence-corrected chi connectivity index (χ3v) is 1.64. The van der Waals surface area contributed by atoms with Crippen molar-refractivity contribution in [2.24, 2.45) is 0 Å². The fourth-order valence-electron chi connectivity index (χ4n) is 0.705. The molecule has 0 aliphatic heterocycles. The summed E-state index contributed by atoms with van der Waals surface area (Å²) in [4.78, 5) is 0. The first-order valence-electron chi connectivity index (χ1n) is 2.88. The lowest BCUT2D eigenvalue weighted by molar-refractivity contribution is 1.66. The molecule has 1 aromatic rings. The average Bonchev–Trinajstić information content (AvgIpc) is 1.85. The van der Waals surface area contributed by atoms with Crippen LogP contribution in [0.3, 0.4) is 0 Å². The summed E-state index contributed by atoms with van der Waals surface area (Å²) in [5.74, 6) is 0. The Balaban J connectivity index is 2.98. The molecular formula is C7H5Cl2NS. The van der Waals surface area contributed by atoms with Crippen LogP contribution in [0, 0.1) is 0 Å². The van der Waals surface area contributed by atoms with Crippen LogP contribution < -0.4 is 5.32 Å². The predicted molar refractivity (Wildman–Crippen MR) is 53.7 cm³/mol. The van der Waals surface area contributed by atoms with Crippen LogP contribution in [-0.4, -0.2) is 5.49 Å². The van der Waals surface area contributed by atoms with Gasteiger partial charge in [0.15, 0.2) is 0 Å². The molecule has 58 valence electrons. The Bertz CT molecular complexity index is 255. The minimum absolute atomic E-state index is 0.594. The number of benzene rings is 1. The maximum absolute atomic E-state index is 5.71. The summed E-state index contributed by atoms with van der Waals surface area (Å²) in [5, 5.41) is 4.00. The molecule has 0 saturated carbocycles. The van der Waals surface area contributed by atoms with Crippen molar-refractivity contribution in [3.8, 4) is 0 Å². The SMILES string of the molecule is S=CNc1cc(Cl)cc(Cl)c1. The Morgan fingerprint density at radius 3 is 2.18 bits per heavy atom. The van der Waals surface area contributed by atoms with E-state index in [4.69, 9.17) is 23.2 Å². The van der Waals surface area contributed by atoms with E-state index in [0.717, 1.165) is 5.69 Å². The first kappa shape index (κ1) is 8.78. The third-order valence-electron chi connectivity index (χ3n) is 1.09. The zero-order chi connectivity index (χ0) is 8.27. The predicted octanol–water partition coefficient (Wildman–Crippen LogP) is 3.36. The zero-order valence-corrected chi connectivity index (χ0v) is 7.80. The van der Waals surface area contributed by atoms with Crippen LogP contribution in [0.1, 0.15) is 0 Å². The lowest BCUT2D eigenvalue weighted by Gasteiger charge is -2.00. The van der Waals surface area contributed by atoms with Gasteiger partial charge in [-0.3, -0.25) is 0 Å². The molecule has 0 aliphatic carbocycles. The third kappa shape index (κ3) is 2.66. The molecule has 0 bridgehead atoms. The van der Waals surface area contributed by atoms with Gasteiger partial charge in [0.25, 0.3) is 0 Å². The second kappa shape index (κ2) is 3.90. The molecule has 4 heteroatoms. The van der Waals surface area contributed by atoms with E-state index in [1.807, 2.05) is 0 Å². The smallest absolute Gasteiger partial charge is 0.0658 e. The largest absolute Gasteiger partial charge is 0.353 e. The first-order valence-corrected chi connectivity index (χ1v) is 4.11. The lowest BCUT2D eigenvalue weighted by atomic mass is 10.3. The summed E-state index contributed by atoms with van der Waals surface area (Å²) in [6.45, 7) is 0. The minimum atomic E-state index is 0.594. The van der Waals surface area contributed by atoms with Gasteiger partial charge < -0.3 is 5.32 Å². The van der Waals surface area contributed by atoms with Crippen LogP contribution in [-0.2, 0) is 0 Å². The van der Waals surface area contributed by atoms with Gasteiger partial charge in [0.05, 0.1) is 5.49 Å². The maximum Gasteiger partial charge on any atom is 0.0658 e. The molecule has 0 saturated heterocycles. The van der Waals surface area contributed by atoms with Crippen LogP contribution in [0.4, 0.5) is 5.69 Å². The normalized spacial score (nSPS) is 9.27. The zero-order valence-electron chi connectivity index (χ0n) is 5.47. The van der Waals surface area contributed by atoms with Gasteiger partial charge in [0.1, 0.15) is 0 Å². The van der Waals surface area contributed by atoms with Crippen LogP contribution in [0.25, 0.3) is 0 Å². The molecule has 0 amide bonds. The van der Waals surface area contributed by atoms with E-state index in [1.165, 1.54) is 5.49 Å². The van der Waals surface area contributed by atoms with E-state index in [9.17, 15) is 0 Å². The molecule has 0 radical (unpaired) electrons. The van der Waals surface area contributed by atoms with Crippen LogP contribution in [0.15, 0.2) is 18.2 Å². The maximum atomic E-state index is 5.71. The first-order chi connectivity index (χ1) is 5.22. The topological polar surface area (TPSA) is 12.0 Å². The second-order valence-corrected chi connectivity index (χ2v) is 3.03. The summed E-state index contributed by atoms with van der Waals surface area (Å²) in [6, 6.07) is 5.16. The molecule has 0 spiro atoms. The van der Waals surface area contributed by atoms with Gasteiger partial charge in [-0.05, 0) is 18.2 Å². The number of hydrogen-bond acceptors (Lipinski definition) is 1. The lowest BCUT2D eigenvalue weighted by Crippen LogP contribution is -1.90. The van der Waals surface area contributed by atoms with Gasteiger partial charge in [-0.1, -0.05) is 35.4 Å². The fraction of sp³-hybridized carbons (Fsp3) is 0. The second-order valence-electron chi connectivity index (χ2n) is 1.92.